The maximum Gasteiger partial charge on any atom is 0.408 e. The SMILES string of the molecule is COC(=O)[C@H](Cc1ccc(C23CC2(S(=O)(=O)c2ccccc2)C3)cc1)NC(=O)OC(C)(C)C. The van der Waals surface area contributed by atoms with Crippen LogP contribution in [0.15, 0.2) is 59.5 Å². The van der Waals surface area contributed by atoms with Crippen LogP contribution in [-0.2, 0) is 35.9 Å². The van der Waals surface area contributed by atoms with Crippen LogP contribution >= 0.6 is 0 Å². The number of alkyl carbamates (subject to hydrolysis) is 1. The van der Waals surface area contributed by atoms with Gasteiger partial charge in [-0.2, -0.15) is 0 Å². The number of methoxy groups -OCH3 is 1. The number of hydrogen-bond donors (Lipinski definition) is 1. The molecule has 0 bridgehead atoms. The predicted molar refractivity (Wildman–Crippen MR) is 123 cm³/mol. The molecule has 0 unspecified atom stereocenters. The van der Waals surface area contributed by atoms with Gasteiger partial charge in [-0.25, -0.2) is 18.0 Å². The van der Waals surface area contributed by atoms with Crippen molar-refractivity contribution in [1.29, 1.82) is 0 Å². The van der Waals surface area contributed by atoms with Crippen molar-refractivity contribution in [2.24, 2.45) is 0 Å². The first kappa shape index (κ1) is 23.3. The number of benzene rings is 2. The van der Waals surface area contributed by atoms with E-state index in [-0.39, 0.29) is 11.8 Å². The van der Waals surface area contributed by atoms with Gasteiger partial charge in [0.1, 0.15) is 11.6 Å². The fourth-order valence-electron chi connectivity index (χ4n) is 4.56. The van der Waals surface area contributed by atoms with Crippen LogP contribution in [0.2, 0.25) is 0 Å². The first-order valence-corrected chi connectivity index (χ1v) is 12.4. The number of esters is 1. The van der Waals surface area contributed by atoms with Crippen molar-refractivity contribution in [1.82, 2.24) is 5.32 Å². The van der Waals surface area contributed by atoms with Crippen LogP contribution in [0.1, 0.15) is 44.7 Å². The molecule has 2 aliphatic carbocycles. The lowest BCUT2D eigenvalue weighted by Crippen LogP contribution is -2.45. The molecule has 2 aliphatic rings. The fourth-order valence-corrected chi connectivity index (χ4v) is 7.03. The number of amides is 1. The van der Waals surface area contributed by atoms with Crippen molar-refractivity contribution in [2.45, 2.75) is 66.7 Å². The number of hydrogen-bond acceptors (Lipinski definition) is 6. The summed E-state index contributed by atoms with van der Waals surface area (Å²) in [6.45, 7) is 5.23. The fraction of sp³-hybridized carbons (Fsp3) is 0.440. The second-order valence-corrected chi connectivity index (χ2v) is 12.1. The molecule has 2 aromatic rings. The minimum Gasteiger partial charge on any atom is -0.467 e. The maximum atomic E-state index is 13.2. The number of sulfone groups is 1. The van der Waals surface area contributed by atoms with Crippen molar-refractivity contribution in [3.63, 3.8) is 0 Å². The molecular formula is C25H29NO6S. The molecule has 8 heteroatoms. The Hall–Kier alpha value is -2.87. The van der Waals surface area contributed by atoms with E-state index in [4.69, 9.17) is 9.47 Å². The lowest BCUT2D eigenvalue weighted by Gasteiger charge is -2.22. The Kier molecular flexibility index (Phi) is 5.55. The second-order valence-electron chi connectivity index (χ2n) is 9.87. The molecule has 2 saturated carbocycles. The Labute approximate surface area is 194 Å². The third kappa shape index (κ3) is 4.12. The zero-order valence-corrected chi connectivity index (χ0v) is 20.1. The van der Waals surface area contributed by atoms with Gasteiger partial charge in [0, 0.05) is 11.8 Å². The second kappa shape index (κ2) is 7.87. The molecule has 0 aliphatic heterocycles. The molecule has 2 aromatic carbocycles. The molecule has 33 heavy (non-hydrogen) atoms. The molecular weight excluding hydrogens is 442 g/mol. The van der Waals surface area contributed by atoms with Crippen molar-refractivity contribution >= 4 is 21.9 Å². The average Bonchev–Trinajstić information content (AvgIpc) is 3.61. The Morgan fingerprint density at radius 3 is 2.18 bits per heavy atom. The molecule has 0 radical (unpaired) electrons. The van der Waals surface area contributed by atoms with Crippen LogP contribution in [0.5, 0.6) is 0 Å². The summed E-state index contributed by atoms with van der Waals surface area (Å²) in [6, 6.07) is 15.3. The molecule has 0 heterocycles. The third-order valence-corrected chi connectivity index (χ3v) is 9.09. The van der Waals surface area contributed by atoms with Gasteiger partial charge in [0.15, 0.2) is 9.84 Å². The highest BCUT2D eigenvalue weighted by Gasteiger charge is 2.90. The van der Waals surface area contributed by atoms with Crippen molar-refractivity contribution in [3.8, 4) is 0 Å². The first-order chi connectivity index (χ1) is 15.4. The van der Waals surface area contributed by atoms with Gasteiger partial charge in [-0.05, 0) is 56.9 Å². The standard InChI is InChI=1S/C25H29NO6S/c1-23(2,3)32-22(28)26-20(21(27)31-4)14-17-10-12-18(13-11-17)24-15-25(24,16-24)33(29,30)19-8-6-5-7-9-19/h5-13,20H,14-16H2,1-4H3,(H,26,28)/t20-,24?,25?/m0/s1. The highest BCUT2D eigenvalue weighted by atomic mass is 32.2. The quantitative estimate of drug-likeness (QED) is 0.620. The lowest BCUT2D eigenvalue weighted by atomic mass is 9.99. The zero-order chi connectivity index (χ0) is 24.1. The molecule has 1 amide bonds. The number of nitrogens with one attached hydrogen (secondary N) is 1. The number of carbonyl (C=O) groups excluding carboxylic acids is 2. The maximum absolute atomic E-state index is 13.2. The van der Waals surface area contributed by atoms with E-state index in [0.29, 0.717) is 17.7 Å². The Morgan fingerprint density at radius 2 is 1.64 bits per heavy atom. The van der Waals surface area contributed by atoms with E-state index < -0.39 is 38.3 Å². The molecule has 0 aromatic heterocycles. The number of ether oxygens (including phenoxy) is 2. The van der Waals surface area contributed by atoms with Crippen molar-refractivity contribution in [3.05, 3.63) is 65.7 Å². The van der Waals surface area contributed by atoms with Gasteiger partial charge in [0.05, 0.1) is 16.8 Å². The summed E-state index contributed by atoms with van der Waals surface area (Å²) in [5.74, 6) is -0.569. The van der Waals surface area contributed by atoms with Crippen LogP contribution in [0, 0.1) is 0 Å². The largest absolute Gasteiger partial charge is 0.467 e. The van der Waals surface area contributed by atoms with E-state index in [0.717, 1.165) is 11.1 Å². The summed E-state index contributed by atoms with van der Waals surface area (Å²) in [7, 11) is -2.13. The first-order valence-electron chi connectivity index (χ1n) is 10.9. The predicted octanol–water partition coefficient (Wildman–Crippen LogP) is 3.55. The van der Waals surface area contributed by atoms with Crippen LogP contribution in [0.25, 0.3) is 0 Å². The molecule has 7 nitrogen and oxygen atoms in total. The van der Waals surface area contributed by atoms with E-state index in [1.807, 2.05) is 30.3 Å². The summed E-state index contributed by atoms with van der Waals surface area (Å²) in [5, 5.41) is 2.57. The van der Waals surface area contributed by atoms with E-state index in [2.05, 4.69) is 5.32 Å². The van der Waals surface area contributed by atoms with Gasteiger partial charge in [0.25, 0.3) is 0 Å². The van der Waals surface area contributed by atoms with Gasteiger partial charge >= 0.3 is 12.1 Å². The van der Waals surface area contributed by atoms with Gasteiger partial charge in [-0.15, -0.1) is 0 Å². The summed E-state index contributed by atoms with van der Waals surface area (Å²) < 4.78 is 35.7. The molecule has 4 rings (SSSR count). The number of rotatable bonds is 7. The summed E-state index contributed by atoms with van der Waals surface area (Å²) in [4.78, 5) is 24.7. The molecule has 1 atom stereocenters. The minimum absolute atomic E-state index is 0.229. The zero-order valence-electron chi connectivity index (χ0n) is 19.3. The Morgan fingerprint density at radius 1 is 1.03 bits per heavy atom. The summed E-state index contributed by atoms with van der Waals surface area (Å²) >= 11 is 0. The van der Waals surface area contributed by atoms with Crippen LogP contribution < -0.4 is 5.32 Å². The molecule has 176 valence electrons. The highest BCUT2D eigenvalue weighted by molar-refractivity contribution is 7.93. The molecule has 2 fully saturated rings. The van der Waals surface area contributed by atoms with E-state index in [1.165, 1.54) is 7.11 Å². The number of carbonyl (C=O) groups is 2. The molecule has 1 N–H and O–H groups in total. The lowest BCUT2D eigenvalue weighted by molar-refractivity contribution is -0.143. The van der Waals surface area contributed by atoms with E-state index in [9.17, 15) is 18.0 Å². The molecule has 0 spiro atoms. The van der Waals surface area contributed by atoms with Crippen molar-refractivity contribution in [2.75, 3.05) is 7.11 Å². The average molecular weight is 472 g/mol. The van der Waals surface area contributed by atoms with Crippen LogP contribution in [0.3, 0.4) is 0 Å². The Bertz CT molecular complexity index is 1160. The third-order valence-electron chi connectivity index (χ3n) is 6.49. The number of fused-ring (bicyclic) bond motifs is 1. The molecule has 0 saturated heterocycles. The van der Waals surface area contributed by atoms with Crippen LogP contribution in [0.4, 0.5) is 4.79 Å². The summed E-state index contributed by atoms with van der Waals surface area (Å²) in [5.41, 5.74) is 0.795. The van der Waals surface area contributed by atoms with Gasteiger partial charge in [-0.1, -0.05) is 42.5 Å². The van der Waals surface area contributed by atoms with Crippen LogP contribution in [-0.4, -0.2) is 44.0 Å². The highest BCUT2D eigenvalue weighted by Crippen LogP contribution is 2.83. The van der Waals surface area contributed by atoms with Gasteiger partial charge in [-0.3, -0.25) is 0 Å². The van der Waals surface area contributed by atoms with Gasteiger partial charge < -0.3 is 14.8 Å². The summed E-state index contributed by atoms with van der Waals surface area (Å²) in [6.07, 6.45) is 0.788. The van der Waals surface area contributed by atoms with Gasteiger partial charge in [0.2, 0.25) is 0 Å². The van der Waals surface area contributed by atoms with E-state index in [1.54, 1.807) is 45.0 Å². The minimum atomic E-state index is -3.39. The topological polar surface area (TPSA) is 98.8 Å². The monoisotopic (exact) mass is 471 g/mol. The van der Waals surface area contributed by atoms with E-state index >= 15 is 0 Å². The normalized spacial score (nSPS) is 24.2. The Balaban J connectivity index is 1.46. The smallest absolute Gasteiger partial charge is 0.408 e. The van der Waals surface area contributed by atoms with Crippen molar-refractivity contribution < 1.29 is 27.5 Å².